The first-order valence-corrected chi connectivity index (χ1v) is 6.98. The molecule has 3 nitrogen and oxygen atoms in total. The average Bonchev–Trinajstić information content (AvgIpc) is 2.85. The number of rotatable bonds is 5. The van der Waals surface area contributed by atoms with Crippen molar-refractivity contribution in [3.63, 3.8) is 0 Å². The summed E-state index contributed by atoms with van der Waals surface area (Å²) >= 11 is 0. The Kier molecular flexibility index (Phi) is 4.13. The van der Waals surface area contributed by atoms with Gasteiger partial charge in [-0.05, 0) is 50.3 Å². The Morgan fingerprint density at radius 1 is 1.32 bits per heavy atom. The molecule has 0 saturated heterocycles. The van der Waals surface area contributed by atoms with Crippen molar-refractivity contribution >= 4 is 5.97 Å². The van der Waals surface area contributed by atoms with Gasteiger partial charge >= 0.3 is 5.97 Å². The largest absolute Gasteiger partial charge is 0.493 e. The summed E-state index contributed by atoms with van der Waals surface area (Å²) in [7, 11) is 0. The molecule has 0 atom stereocenters. The summed E-state index contributed by atoms with van der Waals surface area (Å²) in [6, 6.07) is 5.97. The first kappa shape index (κ1) is 13.9. The second-order valence-electron chi connectivity index (χ2n) is 5.59. The molecule has 1 saturated carbocycles. The van der Waals surface area contributed by atoms with Gasteiger partial charge in [-0.2, -0.15) is 0 Å². The van der Waals surface area contributed by atoms with Crippen LogP contribution in [0.4, 0.5) is 0 Å². The first-order chi connectivity index (χ1) is 9.05. The first-order valence-electron chi connectivity index (χ1n) is 6.98. The van der Waals surface area contributed by atoms with Gasteiger partial charge < -0.3 is 9.84 Å². The zero-order chi connectivity index (χ0) is 13.9. The van der Waals surface area contributed by atoms with E-state index in [1.807, 2.05) is 19.1 Å². The Hall–Kier alpha value is -1.51. The van der Waals surface area contributed by atoms with Crippen molar-refractivity contribution in [3.8, 4) is 5.75 Å². The van der Waals surface area contributed by atoms with Crippen LogP contribution in [-0.4, -0.2) is 17.7 Å². The summed E-state index contributed by atoms with van der Waals surface area (Å²) in [5, 5.41) is 9.40. The van der Waals surface area contributed by atoms with Crippen LogP contribution >= 0.6 is 0 Å². The van der Waals surface area contributed by atoms with Crippen molar-refractivity contribution in [2.45, 2.75) is 46.0 Å². The molecule has 2 rings (SSSR count). The molecular formula is C16H22O3. The van der Waals surface area contributed by atoms with Crippen LogP contribution in [0.15, 0.2) is 18.2 Å². The maximum atomic E-state index is 11.4. The minimum Gasteiger partial charge on any atom is -0.493 e. The van der Waals surface area contributed by atoms with E-state index in [2.05, 4.69) is 13.0 Å². The monoisotopic (exact) mass is 262 g/mol. The average molecular weight is 262 g/mol. The second kappa shape index (κ2) is 5.64. The van der Waals surface area contributed by atoms with Gasteiger partial charge in [0.1, 0.15) is 5.75 Å². The second-order valence-corrected chi connectivity index (χ2v) is 5.59. The van der Waals surface area contributed by atoms with E-state index in [0.717, 1.165) is 37.0 Å². The molecule has 0 heterocycles. The fraction of sp³-hybridized carbons (Fsp3) is 0.562. The van der Waals surface area contributed by atoms with Crippen LogP contribution in [0.25, 0.3) is 0 Å². The molecule has 1 aromatic rings. The van der Waals surface area contributed by atoms with E-state index in [1.165, 1.54) is 5.56 Å². The summed E-state index contributed by atoms with van der Waals surface area (Å²) in [5.74, 6) is 0.216. The topological polar surface area (TPSA) is 46.5 Å². The van der Waals surface area contributed by atoms with Crippen molar-refractivity contribution in [2.24, 2.45) is 5.41 Å². The third kappa shape index (κ3) is 2.91. The number of hydrogen-bond donors (Lipinski definition) is 1. The third-order valence-corrected chi connectivity index (χ3v) is 4.41. The van der Waals surface area contributed by atoms with Gasteiger partial charge in [0.25, 0.3) is 0 Å². The van der Waals surface area contributed by atoms with E-state index in [-0.39, 0.29) is 0 Å². The zero-order valence-electron chi connectivity index (χ0n) is 11.7. The van der Waals surface area contributed by atoms with Gasteiger partial charge in [-0.3, -0.25) is 4.79 Å². The maximum absolute atomic E-state index is 11.4. The normalized spacial score (nSPS) is 17.4. The third-order valence-electron chi connectivity index (χ3n) is 4.41. The number of hydrogen-bond acceptors (Lipinski definition) is 2. The lowest BCUT2D eigenvalue weighted by Gasteiger charge is -2.23. The van der Waals surface area contributed by atoms with Gasteiger partial charge in [0, 0.05) is 0 Å². The molecule has 0 bridgehead atoms. The van der Waals surface area contributed by atoms with Crippen molar-refractivity contribution in [1.29, 1.82) is 0 Å². The SMILES string of the molecule is Cc1cccc(OCCC2(C(=O)O)CCCC2)c1C. The van der Waals surface area contributed by atoms with Gasteiger partial charge in [-0.25, -0.2) is 0 Å². The number of aryl methyl sites for hydroxylation is 1. The van der Waals surface area contributed by atoms with Gasteiger partial charge in [0.05, 0.1) is 12.0 Å². The minimum absolute atomic E-state index is 0.483. The summed E-state index contributed by atoms with van der Waals surface area (Å²) in [6.07, 6.45) is 4.23. The van der Waals surface area contributed by atoms with Crippen molar-refractivity contribution in [1.82, 2.24) is 0 Å². The standard InChI is InChI=1S/C16H22O3/c1-12-6-5-7-14(13(12)2)19-11-10-16(15(17)18)8-3-4-9-16/h5-7H,3-4,8-11H2,1-2H3,(H,17,18). The molecule has 3 heteroatoms. The smallest absolute Gasteiger partial charge is 0.309 e. The molecule has 19 heavy (non-hydrogen) atoms. The molecule has 1 N–H and O–H groups in total. The minimum atomic E-state index is -0.658. The van der Waals surface area contributed by atoms with E-state index >= 15 is 0 Å². The van der Waals surface area contributed by atoms with Gasteiger partial charge in [0.2, 0.25) is 0 Å². The summed E-state index contributed by atoms with van der Waals surface area (Å²) in [6.45, 7) is 4.57. The van der Waals surface area contributed by atoms with Crippen molar-refractivity contribution in [2.75, 3.05) is 6.61 Å². The fourth-order valence-corrected chi connectivity index (χ4v) is 2.86. The predicted molar refractivity (Wildman–Crippen MR) is 74.6 cm³/mol. The fourth-order valence-electron chi connectivity index (χ4n) is 2.86. The lowest BCUT2D eigenvalue weighted by Crippen LogP contribution is -2.29. The van der Waals surface area contributed by atoms with Crippen LogP contribution < -0.4 is 4.74 Å². The molecule has 0 unspecified atom stereocenters. The molecule has 1 aliphatic carbocycles. The summed E-state index contributed by atoms with van der Waals surface area (Å²) in [5.41, 5.74) is 1.79. The van der Waals surface area contributed by atoms with E-state index in [9.17, 15) is 9.90 Å². The lowest BCUT2D eigenvalue weighted by atomic mass is 9.83. The van der Waals surface area contributed by atoms with Gasteiger partial charge in [0.15, 0.2) is 0 Å². The Balaban J connectivity index is 1.96. The molecule has 0 spiro atoms. The molecule has 1 aliphatic rings. The molecule has 1 aromatic carbocycles. The highest BCUT2D eigenvalue weighted by Gasteiger charge is 2.40. The maximum Gasteiger partial charge on any atom is 0.309 e. The number of benzene rings is 1. The zero-order valence-corrected chi connectivity index (χ0v) is 11.7. The highest BCUT2D eigenvalue weighted by atomic mass is 16.5. The van der Waals surface area contributed by atoms with Crippen LogP contribution in [0.3, 0.4) is 0 Å². The number of carboxylic acid groups (broad SMARTS) is 1. The molecule has 0 radical (unpaired) electrons. The lowest BCUT2D eigenvalue weighted by molar-refractivity contribution is -0.149. The Morgan fingerprint density at radius 3 is 2.63 bits per heavy atom. The van der Waals surface area contributed by atoms with E-state index < -0.39 is 11.4 Å². The molecule has 0 aromatic heterocycles. The van der Waals surface area contributed by atoms with Crippen molar-refractivity contribution < 1.29 is 14.6 Å². The molecule has 0 aliphatic heterocycles. The molecule has 0 amide bonds. The Labute approximate surface area is 114 Å². The van der Waals surface area contributed by atoms with Crippen LogP contribution in [0.2, 0.25) is 0 Å². The van der Waals surface area contributed by atoms with E-state index in [1.54, 1.807) is 0 Å². The van der Waals surface area contributed by atoms with Crippen LogP contribution in [0.1, 0.15) is 43.2 Å². The Bertz CT molecular complexity index is 459. The highest BCUT2D eigenvalue weighted by Crippen LogP contribution is 2.41. The Morgan fingerprint density at radius 2 is 2.00 bits per heavy atom. The predicted octanol–water partition coefficient (Wildman–Crippen LogP) is 3.72. The number of ether oxygens (including phenoxy) is 1. The van der Waals surface area contributed by atoms with E-state index in [0.29, 0.717) is 13.0 Å². The van der Waals surface area contributed by atoms with Crippen LogP contribution in [0, 0.1) is 19.3 Å². The molecule has 104 valence electrons. The summed E-state index contributed by atoms with van der Waals surface area (Å²) in [4.78, 5) is 11.4. The number of carbonyl (C=O) groups is 1. The van der Waals surface area contributed by atoms with Gasteiger partial charge in [-0.15, -0.1) is 0 Å². The van der Waals surface area contributed by atoms with Gasteiger partial charge in [-0.1, -0.05) is 25.0 Å². The van der Waals surface area contributed by atoms with Crippen molar-refractivity contribution in [3.05, 3.63) is 29.3 Å². The number of aliphatic carboxylic acids is 1. The molecular weight excluding hydrogens is 240 g/mol. The molecule has 1 fully saturated rings. The number of carboxylic acids is 1. The van der Waals surface area contributed by atoms with Crippen LogP contribution in [0.5, 0.6) is 5.75 Å². The van der Waals surface area contributed by atoms with E-state index in [4.69, 9.17) is 4.74 Å². The summed E-state index contributed by atoms with van der Waals surface area (Å²) < 4.78 is 5.79. The van der Waals surface area contributed by atoms with Crippen LogP contribution in [-0.2, 0) is 4.79 Å². The quantitative estimate of drug-likeness (QED) is 0.879. The highest BCUT2D eigenvalue weighted by molar-refractivity contribution is 5.74.